The normalized spacial score (nSPS) is 12.1. The van der Waals surface area contributed by atoms with Crippen molar-refractivity contribution in [1.29, 1.82) is 0 Å². The zero-order valence-corrected chi connectivity index (χ0v) is 22.0. The summed E-state index contributed by atoms with van der Waals surface area (Å²) in [6.07, 6.45) is 0.983. The minimum atomic E-state index is 0. The van der Waals surface area contributed by atoms with Gasteiger partial charge >= 0.3 is 0 Å². The summed E-state index contributed by atoms with van der Waals surface area (Å²) in [5, 5.41) is 9.83. The molecule has 0 heterocycles. The molecule has 0 spiro atoms. The minimum absolute atomic E-state index is 0. The molecule has 0 bridgehead atoms. The lowest BCUT2D eigenvalue weighted by atomic mass is 9.86. The monoisotopic (exact) mass is 511 g/mol. The smallest absolute Gasteiger partial charge is 0.123 e. The van der Waals surface area contributed by atoms with Crippen LogP contribution in [0.15, 0.2) is 78.9 Å². The number of hydrogen-bond acceptors (Lipinski definition) is 3. The molecule has 1 N–H and O–H groups in total. The largest absolute Gasteiger partial charge is 0.489 e. The summed E-state index contributed by atoms with van der Waals surface area (Å²) in [6, 6.07) is 28.0. The van der Waals surface area contributed by atoms with Crippen molar-refractivity contribution in [1.82, 2.24) is 4.90 Å². The van der Waals surface area contributed by atoms with Gasteiger partial charge in [0.05, 0.1) is 6.61 Å². The van der Waals surface area contributed by atoms with E-state index in [2.05, 4.69) is 81.1 Å². The second-order valence-electron chi connectivity index (χ2n) is 8.98. The third-order valence-electron chi connectivity index (χ3n) is 6.07. The van der Waals surface area contributed by atoms with Gasteiger partial charge in [-0.2, -0.15) is 0 Å². The predicted octanol–water partition coefficient (Wildman–Crippen LogP) is 6.98. The molecule has 0 aliphatic heterocycles. The molecule has 4 heteroatoms. The highest BCUT2D eigenvalue weighted by Gasteiger charge is 2.22. The lowest BCUT2D eigenvalue weighted by Gasteiger charge is -2.32. The lowest BCUT2D eigenvalue weighted by molar-refractivity contribution is 0.170. The van der Waals surface area contributed by atoms with Gasteiger partial charge in [0, 0.05) is 23.6 Å². The van der Waals surface area contributed by atoms with Gasteiger partial charge in [0.2, 0.25) is 0 Å². The summed E-state index contributed by atoms with van der Waals surface area (Å²) in [7, 11) is 0. The van der Waals surface area contributed by atoms with Gasteiger partial charge in [0.1, 0.15) is 12.4 Å². The number of rotatable bonds is 11. The molecular weight excluding hydrogens is 474 g/mol. The van der Waals surface area contributed by atoms with Gasteiger partial charge in [0.15, 0.2) is 0 Å². The third-order valence-corrected chi connectivity index (χ3v) is 6.07. The van der Waals surface area contributed by atoms with E-state index in [9.17, 15) is 5.11 Å². The fraction of sp³-hybridized carbons (Fsp3) is 0.379. The Hall–Kier alpha value is -2.14. The van der Waals surface area contributed by atoms with Crippen LogP contribution in [0.5, 0.6) is 5.75 Å². The Morgan fingerprint density at radius 1 is 0.788 bits per heavy atom. The van der Waals surface area contributed by atoms with Crippen LogP contribution in [0.2, 0.25) is 0 Å². The molecule has 3 rings (SSSR count). The quantitative estimate of drug-likeness (QED) is 0.301. The number of hydrogen-bond donors (Lipinski definition) is 1. The van der Waals surface area contributed by atoms with Crippen molar-refractivity contribution in [2.75, 3.05) is 6.54 Å². The van der Waals surface area contributed by atoms with Crippen molar-refractivity contribution in [3.05, 3.63) is 101 Å². The van der Waals surface area contributed by atoms with Crippen LogP contribution in [0.3, 0.4) is 0 Å². The molecule has 3 nitrogen and oxygen atoms in total. The summed E-state index contributed by atoms with van der Waals surface area (Å²) >= 11 is 0. The van der Waals surface area contributed by atoms with Gasteiger partial charge in [0.25, 0.3) is 0 Å². The molecule has 3 aromatic carbocycles. The molecule has 0 amide bonds. The summed E-state index contributed by atoms with van der Waals surface area (Å²) in [5.74, 6) is 1.08. The van der Waals surface area contributed by atoms with Crippen LogP contribution in [0.1, 0.15) is 62.3 Å². The van der Waals surface area contributed by atoms with E-state index >= 15 is 0 Å². The van der Waals surface area contributed by atoms with Crippen LogP contribution in [0, 0.1) is 0 Å². The molecule has 0 aromatic heterocycles. The van der Waals surface area contributed by atoms with Gasteiger partial charge in [-0.3, -0.25) is 4.90 Å². The van der Waals surface area contributed by atoms with Crippen molar-refractivity contribution >= 4 is 17.0 Å². The van der Waals surface area contributed by atoms with Gasteiger partial charge in [-0.05, 0) is 69.5 Å². The fourth-order valence-corrected chi connectivity index (χ4v) is 4.41. The highest BCUT2D eigenvalue weighted by molar-refractivity contribution is 8.93. The van der Waals surface area contributed by atoms with Crippen LogP contribution >= 0.6 is 17.0 Å². The van der Waals surface area contributed by atoms with E-state index in [1.807, 2.05) is 30.3 Å². The Balaban J connectivity index is 0.00000385. The molecule has 1 atom stereocenters. The Bertz CT molecular complexity index is 936. The van der Waals surface area contributed by atoms with Gasteiger partial charge in [-0.1, -0.05) is 66.7 Å². The number of halogens is 1. The molecule has 3 aromatic rings. The zero-order valence-electron chi connectivity index (χ0n) is 20.3. The molecule has 0 aliphatic rings. The highest BCUT2D eigenvalue weighted by atomic mass is 79.9. The van der Waals surface area contributed by atoms with Crippen LogP contribution in [-0.4, -0.2) is 28.6 Å². The number of aliphatic hydroxyl groups excluding tert-OH is 1. The van der Waals surface area contributed by atoms with Gasteiger partial charge in [-0.15, -0.1) is 17.0 Å². The van der Waals surface area contributed by atoms with Crippen LogP contribution in [0.4, 0.5) is 0 Å². The Morgan fingerprint density at radius 2 is 1.39 bits per heavy atom. The van der Waals surface area contributed by atoms with Gasteiger partial charge in [-0.25, -0.2) is 0 Å². The number of nitrogens with zero attached hydrogens (tertiary/aromatic N) is 1. The fourth-order valence-electron chi connectivity index (χ4n) is 4.41. The molecular formula is C29H38BrNO2. The molecule has 0 unspecified atom stereocenters. The van der Waals surface area contributed by atoms with Crippen LogP contribution < -0.4 is 4.74 Å². The molecule has 0 aliphatic carbocycles. The summed E-state index contributed by atoms with van der Waals surface area (Å²) in [5.41, 5.74) is 4.48. The first-order valence-electron chi connectivity index (χ1n) is 11.7. The van der Waals surface area contributed by atoms with E-state index in [0.29, 0.717) is 18.7 Å². The summed E-state index contributed by atoms with van der Waals surface area (Å²) < 4.78 is 6.33. The number of benzene rings is 3. The molecule has 0 radical (unpaired) electrons. The van der Waals surface area contributed by atoms with Crippen molar-refractivity contribution < 1.29 is 9.84 Å². The SMILES string of the molecule is Br.CC(C)N(CC[C@H](c1ccccc1)c1cc(CO)ccc1OCc1ccccc1)C(C)C. The first-order valence-corrected chi connectivity index (χ1v) is 11.7. The van der Waals surface area contributed by atoms with E-state index in [4.69, 9.17) is 4.74 Å². The minimum Gasteiger partial charge on any atom is -0.489 e. The Kier molecular flexibility index (Phi) is 11.1. The van der Waals surface area contributed by atoms with E-state index in [0.717, 1.165) is 35.4 Å². The first-order chi connectivity index (χ1) is 15.5. The second-order valence-corrected chi connectivity index (χ2v) is 8.98. The molecule has 0 saturated heterocycles. The van der Waals surface area contributed by atoms with E-state index in [-0.39, 0.29) is 29.5 Å². The average molecular weight is 513 g/mol. The lowest BCUT2D eigenvalue weighted by Crippen LogP contribution is -2.38. The standard InChI is InChI=1S/C29H37NO2.BrH/c1-22(2)30(23(3)4)18-17-27(26-13-9-6-10-14-26)28-19-25(20-31)15-16-29(28)32-21-24-11-7-5-8-12-24;/h5-16,19,22-23,27,31H,17-18,20-21H2,1-4H3;1H/t27-;/m1./s1. The zero-order chi connectivity index (χ0) is 22.9. The van der Waals surface area contributed by atoms with E-state index in [1.54, 1.807) is 0 Å². The topological polar surface area (TPSA) is 32.7 Å². The first kappa shape index (κ1) is 27.1. The maximum Gasteiger partial charge on any atom is 0.123 e. The second kappa shape index (κ2) is 13.5. The predicted molar refractivity (Wildman–Crippen MR) is 143 cm³/mol. The van der Waals surface area contributed by atoms with Crippen molar-refractivity contribution in [2.45, 2.75) is 65.3 Å². The Labute approximate surface area is 210 Å². The maximum atomic E-state index is 9.83. The molecule has 33 heavy (non-hydrogen) atoms. The summed E-state index contributed by atoms with van der Waals surface area (Å²) in [6.45, 7) is 10.6. The van der Waals surface area contributed by atoms with Crippen molar-refractivity contribution in [3.63, 3.8) is 0 Å². The van der Waals surface area contributed by atoms with E-state index in [1.165, 1.54) is 5.56 Å². The average Bonchev–Trinajstić information content (AvgIpc) is 2.81. The maximum absolute atomic E-state index is 9.83. The van der Waals surface area contributed by atoms with Crippen molar-refractivity contribution in [2.24, 2.45) is 0 Å². The number of aliphatic hydroxyl groups is 1. The highest BCUT2D eigenvalue weighted by Crippen LogP contribution is 2.36. The van der Waals surface area contributed by atoms with Crippen molar-refractivity contribution in [3.8, 4) is 5.75 Å². The van der Waals surface area contributed by atoms with E-state index < -0.39 is 0 Å². The molecule has 178 valence electrons. The molecule has 0 saturated carbocycles. The number of ether oxygens (including phenoxy) is 1. The van der Waals surface area contributed by atoms with Gasteiger partial charge < -0.3 is 9.84 Å². The molecule has 0 fully saturated rings. The third kappa shape index (κ3) is 7.70. The van der Waals surface area contributed by atoms with Crippen LogP contribution in [-0.2, 0) is 13.2 Å². The van der Waals surface area contributed by atoms with Crippen LogP contribution in [0.25, 0.3) is 0 Å². The summed E-state index contributed by atoms with van der Waals surface area (Å²) in [4.78, 5) is 2.54. The Morgan fingerprint density at radius 3 is 1.97 bits per heavy atom.